The van der Waals surface area contributed by atoms with Crippen molar-refractivity contribution in [1.29, 1.82) is 0 Å². The Hall–Kier alpha value is -1.78. The second-order valence-electron chi connectivity index (χ2n) is 3.83. The van der Waals surface area contributed by atoms with Crippen LogP contribution in [-0.4, -0.2) is 22.8 Å². The van der Waals surface area contributed by atoms with E-state index in [1.807, 2.05) is 13.8 Å². The Morgan fingerprint density at radius 1 is 1.44 bits per heavy atom. The third-order valence-electron chi connectivity index (χ3n) is 1.96. The molecule has 0 fully saturated rings. The van der Waals surface area contributed by atoms with Crippen LogP contribution in [0.1, 0.15) is 37.6 Å². The van der Waals surface area contributed by atoms with E-state index in [1.165, 1.54) is 0 Å². The molecule has 0 bridgehead atoms. The van der Waals surface area contributed by atoms with Gasteiger partial charge in [-0.25, -0.2) is 0 Å². The largest absolute Gasteiger partial charge is 0.350 e. The monoisotopic (exact) mass is 223 g/mol. The molecule has 1 aromatic heterocycles. The van der Waals surface area contributed by atoms with E-state index >= 15 is 0 Å². The first kappa shape index (κ1) is 12.3. The predicted molar refractivity (Wildman–Crippen MR) is 62.3 cm³/mol. The van der Waals surface area contributed by atoms with Gasteiger partial charge in [0.2, 0.25) is 5.91 Å². The Morgan fingerprint density at radius 2 is 2.12 bits per heavy atom. The van der Waals surface area contributed by atoms with E-state index < -0.39 is 0 Å². The molecule has 2 amide bonds. The minimum atomic E-state index is -0.150. The molecule has 0 radical (unpaired) electrons. The number of hydrogen-bond donors (Lipinski definition) is 3. The van der Waals surface area contributed by atoms with Crippen LogP contribution < -0.4 is 10.6 Å². The normalized spacial score (nSPS) is 10.2. The van der Waals surface area contributed by atoms with Gasteiger partial charge in [-0.2, -0.15) is 0 Å². The van der Waals surface area contributed by atoms with Crippen molar-refractivity contribution >= 4 is 17.6 Å². The molecule has 0 spiro atoms. The highest BCUT2D eigenvalue weighted by Gasteiger charge is 2.09. The maximum absolute atomic E-state index is 11.6. The smallest absolute Gasteiger partial charge is 0.253 e. The number of carbonyl (C=O) groups excluding carboxylic acids is 2. The van der Waals surface area contributed by atoms with Crippen LogP contribution in [-0.2, 0) is 4.79 Å². The molecule has 0 saturated carbocycles. The zero-order valence-electron chi connectivity index (χ0n) is 9.76. The van der Waals surface area contributed by atoms with Crippen LogP contribution in [0.3, 0.4) is 0 Å². The van der Waals surface area contributed by atoms with Gasteiger partial charge in [0.05, 0.1) is 5.56 Å². The molecule has 88 valence electrons. The highest BCUT2D eigenvalue weighted by atomic mass is 16.2. The fourth-order valence-electron chi connectivity index (χ4n) is 1.18. The van der Waals surface area contributed by atoms with Gasteiger partial charge in [0.1, 0.15) is 5.82 Å². The molecule has 5 nitrogen and oxygen atoms in total. The molecule has 3 N–H and O–H groups in total. The Labute approximate surface area is 94.6 Å². The maximum atomic E-state index is 11.6. The van der Waals surface area contributed by atoms with Crippen LogP contribution in [0, 0.1) is 0 Å². The highest BCUT2D eigenvalue weighted by Crippen LogP contribution is 2.09. The number of carbonyl (C=O) groups is 2. The second kappa shape index (κ2) is 5.34. The van der Waals surface area contributed by atoms with Crippen molar-refractivity contribution in [2.45, 2.75) is 33.2 Å². The minimum Gasteiger partial charge on any atom is -0.350 e. The molecule has 0 aliphatic rings. The lowest BCUT2D eigenvalue weighted by molar-refractivity contribution is -0.115. The van der Waals surface area contributed by atoms with Crippen LogP contribution in [0.5, 0.6) is 0 Å². The number of aromatic amines is 1. The lowest BCUT2D eigenvalue weighted by Crippen LogP contribution is -2.29. The van der Waals surface area contributed by atoms with Crippen molar-refractivity contribution in [2.24, 2.45) is 0 Å². The summed E-state index contributed by atoms with van der Waals surface area (Å²) in [6.07, 6.45) is 1.98. The topological polar surface area (TPSA) is 74.0 Å². The molecular formula is C11H17N3O2. The van der Waals surface area contributed by atoms with E-state index in [1.54, 1.807) is 19.2 Å². The predicted octanol–water partition coefficient (Wildman–Crippen LogP) is 1.50. The number of hydrogen-bond acceptors (Lipinski definition) is 2. The fraction of sp³-hybridized carbons (Fsp3) is 0.455. The zero-order chi connectivity index (χ0) is 12.1. The first-order valence-corrected chi connectivity index (χ1v) is 5.32. The molecule has 0 aliphatic carbocycles. The first-order valence-electron chi connectivity index (χ1n) is 5.32. The highest BCUT2D eigenvalue weighted by molar-refractivity contribution is 5.96. The molecule has 0 atom stereocenters. The number of aromatic nitrogens is 1. The van der Waals surface area contributed by atoms with Gasteiger partial charge >= 0.3 is 0 Å². The number of nitrogens with one attached hydrogen (secondary N) is 3. The van der Waals surface area contributed by atoms with Crippen LogP contribution in [0.15, 0.2) is 12.3 Å². The molecular weight excluding hydrogens is 206 g/mol. The lowest BCUT2D eigenvalue weighted by Gasteiger charge is -2.05. The molecule has 1 heterocycles. The average molecular weight is 223 g/mol. The molecule has 0 aliphatic heterocycles. The van der Waals surface area contributed by atoms with Gasteiger partial charge in [-0.15, -0.1) is 0 Å². The fourth-order valence-corrected chi connectivity index (χ4v) is 1.18. The Kier molecular flexibility index (Phi) is 4.10. The number of H-pyrrole nitrogens is 1. The molecule has 0 saturated heterocycles. The van der Waals surface area contributed by atoms with E-state index in [4.69, 9.17) is 0 Å². The van der Waals surface area contributed by atoms with Gasteiger partial charge in [-0.3, -0.25) is 9.59 Å². The first-order chi connectivity index (χ1) is 7.52. The summed E-state index contributed by atoms with van der Waals surface area (Å²) in [6.45, 7) is 5.55. The molecule has 0 aromatic carbocycles. The van der Waals surface area contributed by atoms with Gasteiger partial charge in [-0.05, 0) is 19.9 Å². The van der Waals surface area contributed by atoms with Crippen molar-refractivity contribution in [2.75, 3.05) is 5.32 Å². The Balaban J connectivity index is 2.64. The molecule has 1 aromatic rings. The van der Waals surface area contributed by atoms with Gasteiger partial charge in [0.15, 0.2) is 0 Å². The van der Waals surface area contributed by atoms with Crippen LogP contribution >= 0.6 is 0 Å². The van der Waals surface area contributed by atoms with Crippen molar-refractivity contribution < 1.29 is 9.59 Å². The van der Waals surface area contributed by atoms with E-state index in [0.29, 0.717) is 17.8 Å². The number of anilines is 1. The molecule has 5 heteroatoms. The van der Waals surface area contributed by atoms with Crippen molar-refractivity contribution in [1.82, 2.24) is 10.3 Å². The summed E-state index contributed by atoms with van der Waals surface area (Å²) in [4.78, 5) is 25.5. The van der Waals surface area contributed by atoms with E-state index in [-0.39, 0.29) is 17.9 Å². The molecule has 1 rings (SSSR count). The Bertz CT molecular complexity index is 382. The van der Waals surface area contributed by atoms with Crippen molar-refractivity contribution in [3.05, 3.63) is 17.8 Å². The summed E-state index contributed by atoms with van der Waals surface area (Å²) in [6, 6.07) is 1.71. The molecule has 16 heavy (non-hydrogen) atoms. The summed E-state index contributed by atoms with van der Waals surface area (Å²) in [5, 5.41) is 5.41. The average Bonchev–Trinajstić information content (AvgIpc) is 2.65. The van der Waals surface area contributed by atoms with E-state index in [0.717, 1.165) is 0 Å². The third kappa shape index (κ3) is 3.42. The molecule has 0 unspecified atom stereocenters. The van der Waals surface area contributed by atoms with E-state index in [9.17, 15) is 9.59 Å². The number of rotatable bonds is 4. The standard InChI is InChI=1S/C11H17N3O2/c1-4-10(15)14-9-5-8(6-12-9)11(16)13-7(2)3/h5-7,12H,4H2,1-3H3,(H,13,16)(H,14,15). The van der Waals surface area contributed by atoms with Crippen molar-refractivity contribution in [3.63, 3.8) is 0 Å². The second-order valence-corrected chi connectivity index (χ2v) is 3.83. The van der Waals surface area contributed by atoms with Gasteiger partial charge in [-0.1, -0.05) is 6.92 Å². The van der Waals surface area contributed by atoms with Gasteiger partial charge in [0.25, 0.3) is 5.91 Å². The van der Waals surface area contributed by atoms with Gasteiger partial charge in [0, 0.05) is 18.7 Å². The zero-order valence-corrected chi connectivity index (χ0v) is 9.76. The summed E-state index contributed by atoms with van der Waals surface area (Å²) >= 11 is 0. The van der Waals surface area contributed by atoms with E-state index in [2.05, 4.69) is 15.6 Å². The Morgan fingerprint density at radius 3 is 2.69 bits per heavy atom. The van der Waals surface area contributed by atoms with Crippen molar-refractivity contribution in [3.8, 4) is 0 Å². The quantitative estimate of drug-likeness (QED) is 0.723. The SMILES string of the molecule is CCC(=O)Nc1cc(C(=O)NC(C)C)c[nH]1. The van der Waals surface area contributed by atoms with Gasteiger partial charge < -0.3 is 15.6 Å². The summed E-state index contributed by atoms with van der Waals surface area (Å²) < 4.78 is 0. The maximum Gasteiger partial charge on any atom is 0.253 e. The third-order valence-corrected chi connectivity index (χ3v) is 1.96. The van der Waals surface area contributed by atoms with Crippen LogP contribution in [0.4, 0.5) is 5.82 Å². The summed E-state index contributed by atoms with van der Waals surface area (Å²) in [5.74, 6) is 0.307. The summed E-state index contributed by atoms with van der Waals surface area (Å²) in [5.41, 5.74) is 0.514. The van der Waals surface area contributed by atoms with Crippen LogP contribution in [0.25, 0.3) is 0 Å². The van der Waals surface area contributed by atoms with Crippen LogP contribution in [0.2, 0.25) is 0 Å². The lowest BCUT2D eigenvalue weighted by atomic mass is 10.3. The summed E-state index contributed by atoms with van der Waals surface area (Å²) in [7, 11) is 0. The number of amides is 2. The minimum absolute atomic E-state index is 0.0855.